The molecule has 1 saturated heterocycles. The van der Waals surface area contributed by atoms with Crippen LogP contribution in [0, 0.1) is 11.7 Å². The Morgan fingerprint density at radius 1 is 1.10 bits per heavy atom. The highest BCUT2D eigenvalue weighted by Crippen LogP contribution is 2.24. The molecule has 0 saturated carbocycles. The first-order valence-corrected chi connectivity index (χ1v) is 11.4. The van der Waals surface area contributed by atoms with Crippen molar-refractivity contribution in [1.82, 2.24) is 9.62 Å². The van der Waals surface area contributed by atoms with E-state index in [9.17, 15) is 17.6 Å². The van der Waals surface area contributed by atoms with Gasteiger partial charge in [-0.05, 0) is 62.4 Å². The Hall–Kier alpha value is -2.25. The first-order chi connectivity index (χ1) is 13.9. The summed E-state index contributed by atoms with van der Waals surface area (Å²) < 4.78 is 39.8. The molecule has 0 radical (unpaired) electrons. The molecule has 156 valence electrons. The Kier molecular flexibility index (Phi) is 7.03. The van der Waals surface area contributed by atoms with Gasteiger partial charge in [0.2, 0.25) is 15.9 Å². The maximum absolute atomic E-state index is 13.1. The molecule has 1 heterocycles. The number of piperidine rings is 1. The molecule has 1 N–H and O–H groups in total. The van der Waals surface area contributed by atoms with Crippen LogP contribution >= 0.6 is 0 Å². The minimum absolute atomic E-state index is 0.00982. The lowest BCUT2D eigenvalue weighted by Gasteiger charge is -2.31. The minimum Gasteiger partial charge on any atom is -0.353 e. The Balaban J connectivity index is 1.48. The second-order valence-corrected chi connectivity index (χ2v) is 9.50. The van der Waals surface area contributed by atoms with Gasteiger partial charge in [0.05, 0.1) is 4.90 Å². The van der Waals surface area contributed by atoms with Gasteiger partial charge in [-0.25, -0.2) is 12.8 Å². The average Bonchev–Trinajstić information content (AvgIpc) is 2.73. The van der Waals surface area contributed by atoms with Crippen molar-refractivity contribution in [3.8, 4) is 0 Å². The number of nitrogens with one attached hydrogen (secondary N) is 1. The maximum Gasteiger partial charge on any atom is 0.243 e. The van der Waals surface area contributed by atoms with Crippen LogP contribution in [0.3, 0.4) is 0 Å². The Morgan fingerprint density at radius 3 is 2.34 bits per heavy atom. The lowest BCUT2D eigenvalue weighted by molar-refractivity contribution is -0.126. The van der Waals surface area contributed by atoms with Gasteiger partial charge in [0.1, 0.15) is 5.82 Å². The van der Waals surface area contributed by atoms with Crippen molar-refractivity contribution in [1.29, 1.82) is 0 Å². The van der Waals surface area contributed by atoms with Crippen LogP contribution in [0.15, 0.2) is 59.5 Å². The SMILES string of the molecule is C[C@@H](CCc1ccccc1)NC(=O)C1CCN(S(=O)(=O)c2ccc(F)cc2)CC1. The van der Waals surface area contributed by atoms with Crippen molar-refractivity contribution in [2.45, 2.75) is 43.5 Å². The molecule has 29 heavy (non-hydrogen) atoms. The second-order valence-electron chi connectivity index (χ2n) is 7.57. The number of halogens is 1. The molecule has 0 aromatic heterocycles. The molecule has 0 aliphatic carbocycles. The summed E-state index contributed by atoms with van der Waals surface area (Å²) in [6, 6.07) is 15.0. The number of hydrogen-bond donors (Lipinski definition) is 1. The summed E-state index contributed by atoms with van der Waals surface area (Å²) in [7, 11) is -3.66. The number of nitrogens with zero attached hydrogens (tertiary/aromatic N) is 1. The second kappa shape index (κ2) is 9.50. The van der Waals surface area contributed by atoms with Gasteiger partial charge >= 0.3 is 0 Å². The van der Waals surface area contributed by atoms with Crippen LogP contribution in [0.25, 0.3) is 0 Å². The predicted molar refractivity (Wildman–Crippen MR) is 110 cm³/mol. The van der Waals surface area contributed by atoms with Gasteiger partial charge < -0.3 is 5.32 Å². The van der Waals surface area contributed by atoms with E-state index >= 15 is 0 Å². The molecule has 2 aromatic rings. The number of sulfonamides is 1. The Bertz CT molecular complexity index is 909. The molecule has 1 fully saturated rings. The smallest absolute Gasteiger partial charge is 0.243 e. The molecule has 5 nitrogen and oxygen atoms in total. The monoisotopic (exact) mass is 418 g/mol. The summed E-state index contributed by atoms with van der Waals surface area (Å²) in [5, 5.41) is 3.06. The highest BCUT2D eigenvalue weighted by Gasteiger charge is 2.32. The van der Waals surface area contributed by atoms with Crippen LogP contribution in [0.5, 0.6) is 0 Å². The molecule has 3 rings (SSSR count). The highest BCUT2D eigenvalue weighted by molar-refractivity contribution is 7.89. The number of carbonyl (C=O) groups excluding carboxylic acids is 1. The van der Waals surface area contributed by atoms with Crippen LogP contribution in [0.1, 0.15) is 31.7 Å². The number of amides is 1. The lowest BCUT2D eigenvalue weighted by atomic mass is 9.96. The molecule has 0 unspecified atom stereocenters. The van der Waals surface area contributed by atoms with Crippen molar-refractivity contribution in [3.05, 3.63) is 66.0 Å². The molecule has 1 aliphatic heterocycles. The van der Waals surface area contributed by atoms with E-state index in [2.05, 4.69) is 17.4 Å². The third-order valence-electron chi connectivity index (χ3n) is 5.37. The fourth-order valence-electron chi connectivity index (χ4n) is 3.57. The summed E-state index contributed by atoms with van der Waals surface area (Å²) >= 11 is 0. The number of aryl methyl sites for hydroxylation is 1. The lowest BCUT2D eigenvalue weighted by Crippen LogP contribution is -2.44. The predicted octanol–water partition coefficient (Wildman–Crippen LogP) is 3.36. The van der Waals surface area contributed by atoms with Crippen molar-refractivity contribution < 1.29 is 17.6 Å². The molecule has 7 heteroatoms. The fraction of sp³-hybridized carbons (Fsp3) is 0.409. The minimum atomic E-state index is -3.66. The van der Waals surface area contributed by atoms with Crippen LogP contribution < -0.4 is 5.32 Å². The quantitative estimate of drug-likeness (QED) is 0.750. The van der Waals surface area contributed by atoms with E-state index in [0.717, 1.165) is 25.0 Å². The molecule has 0 spiro atoms. The third-order valence-corrected chi connectivity index (χ3v) is 7.29. The topological polar surface area (TPSA) is 66.5 Å². The number of benzene rings is 2. The van der Waals surface area contributed by atoms with Crippen LogP contribution in [0.4, 0.5) is 4.39 Å². The Morgan fingerprint density at radius 2 is 1.72 bits per heavy atom. The summed E-state index contributed by atoms with van der Waals surface area (Å²) in [4.78, 5) is 12.6. The van der Waals surface area contributed by atoms with Gasteiger partial charge in [-0.15, -0.1) is 0 Å². The van der Waals surface area contributed by atoms with Gasteiger partial charge in [-0.3, -0.25) is 4.79 Å². The fourth-order valence-corrected chi connectivity index (χ4v) is 5.04. The number of hydrogen-bond acceptors (Lipinski definition) is 3. The van der Waals surface area contributed by atoms with Crippen molar-refractivity contribution in [2.24, 2.45) is 5.92 Å². The number of rotatable bonds is 7. The largest absolute Gasteiger partial charge is 0.353 e. The van der Waals surface area contributed by atoms with E-state index in [0.29, 0.717) is 12.8 Å². The van der Waals surface area contributed by atoms with Gasteiger partial charge in [0.15, 0.2) is 0 Å². The van der Waals surface area contributed by atoms with Gasteiger partial charge in [0.25, 0.3) is 0 Å². The summed E-state index contributed by atoms with van der Waals surface area (Å²) in [6.07, 6.45) is 2.72. The van der Waals surface area contributed by atoms with Crippen molar-refractivity contribution in [3.63, 3.8) is 0 Å². The van der Waals surface area contributed by atoms with Crippen molar-refractivity contribution in [2.75, 3.05) is 13.1 Å². The number of carbonyl (C=O) groups is 1. The first kappa shape index (κ1) is 21.5. The molecule has 0 bridgehead atoms. The van der Waals surface area contributed by atoms with Crippen LogP contribution in [0.2, 0.25) is 0 Å². The maximum atomic E-state index is 13.1. The third kappa shape index (κ3) is 5.64. The van der Waals surface area contributed by atoms with Gasteiger partial charge in [0, 0.05) is 25.0 Å². The average molecular weight is 419 g/mol. The van der Waals surface area contributed by atoms with E-state index in [1.165, 1.54) is 22.0 Å². The molecule has 2 aromatic carbocycles. The normalized spacial score (nSPS) is 17.0. The van der Waals surface area contributed by atoms with Gasteiger partial charge in [-0.2, -0.15) is 4.31 Å². The highest BCUT2D eigenvalue weighted by atomic mass is 32.2. The zero-order valence-electron chi connectivity index (χ0n) is 16.6. The summed E-state index contributed by atoms with van der Waals surface area (Å²) in [5.74, 6) is -0.668. The van der Waals surface area contributed by atoms with Crippen LogP contribution in [-0.2, 0) is 21.2 Å². The van der Waals surface area contributed by atoms with Crippen LogP contribution in [-0.4, -0.2) is 37.8 Å². The molecular formula is C22H27FN2O3S. The van der Waals surface area contributed by atoms with E-state index in [-0.39, 0.29) is 35.9 Å². The van der Waals surface area contributed by atoms with E-state index in [1.807, 2.05) is 25.1 Å². The zero-order chi connectivity index (χ0) is 20.9. The van der Waals surface area contributed by atoms with Crippen molar-refractivity contribution >= 4 is 15.9 Å². The summed E-state index contributed by atoms with van der Waals surface area (Å²) in [5.41, 5.74) is 1.24. The molecule has 1 aliphatic rings. The zero-order valence-corrected chi connectivity index (χ0v) is 17.4. The van der Waals surface area contributed by atoms with Gasteiger partial charge in [-0.1, -0.05) is 30.3 Å². The van der Waals surface area contributed by atoms with E-state index in [1.54, 1.807) is 0 Å². The first-order valence-electron chi connectivity index (χ1n) is 9.96. The Labute approximate surface area is 172 Å². The molecular weight excluding hydrogens is 391 g/mol. The van der Waals surface area contributed by atoms with E-state index < -0.39 is 15.8 Å². The summed E-state index contributed by atoms with van der Waals surface area (Å²) in [6.45, 7) is 2.57. The molecule has 1 amide bonds. The standard InChI is InChI=1S/C22H27FN2O3S/c1-17(7-8-18-5-3-2-4-6-18)24-22(26)19-13-15-25(16-14-19)29(27,28)21-11-9-20(23)10-12-21/h2-6,9-12,17,19H,7-8,13-16H2,1H3,(H,24,26)/t17-/m0/s1. The molecule has 1 atom stereocenters. The van der Waals surface area contributed by atoms with E-state index in [4.69, 9.17) is 0 Å².